The van der Waals surface area contributed by atoms with Crippen LogP contribution < -0.4 is 20.9 Å². The van der Waals surface area contributed by atoms with Gasteiger partial charge in [-0.1, -0.05) is 0 Å². The molecule has 2 aliphatic heterocycles. The van der Waals surface area contributed by atoms with Gasteiger partial charge in [0.1, 0.15) is 11.5 Å². The molecule has 0 amide bonds. The third-order valence-electron chi connectivity index (χ3n) is 6.09. The first-order valence-corrected chi connectivity index (χ1v) is 9.52. The number of rotatable bonds is 7. The smallest absolute Gasteiger partial charge is 0.119 e. The summed E-state index contributed by atoms with van der Waals surface area (Å²) in [6.45, 7) is 1.03. The number of nitrogens with zero attached hydrogens (tertiary/aromatic N) is 2. The Morgan fingerprint density at radius 2 is 1.18 bits per heavy atom. The molecule has 6 heteroatoms. The van der Waals surface area contributed by atoms with Crippen LogP contribution in [0.1, 0.15) is 24.0 Å². The van der Waals surface area contributed by atoms with Gasteiger partial charge in [0.05, 0.1) is 25.6 Å². The maximum absolute atomic E-state index is 6.13. The summed E-state index contributed by atoms with van der Waals surface area (Å²) in [7, 11) is 3.35. The van der Waals surface area contributed by atoms with Crippen LogP contribution in [0.2, 0.25) is 0 Å². The molecule has 0 spiro atoms. The van der Waals surface area contributed by atoms with Crippen LogP contribution in [0.4, 0.5) is 11.4 Å². The summed E-state index contributed by atoms with van der Waals surface area (Å²) in [5.41, 5.74) is 15.4. The fraction of sp³-hybridized carbons (Fsp3) is 0.364. The molecule has 2 atom stereocenters. The van der Waals surface area contributed by atoms with Crippen LogP contribution >= 0.6 is 0 Å². The molecule has 28 heavy (non-hydrogen) atoms. The number of ether oxygens (including phenoxy) is 2. The van der Waals surface area contributed by atoms with Crippen molar-refractivity contribution in [3.8, 4) is 11.5 Å². The molecule has 0 bridgehead atoms. The highest BCUT2D eigenvalue weighted by Crippen LogP contribution is 2.57. The lowest BCUT2D eigenvalue weighted by Gasteiger charge is -2.44. The lowest BCUT2D eigenvalue weighted by atomic mass is 9.56. The molecule has 2 heterocycles. The van der Waals surface area contributed by atoms with Gasteiger partial charge in [0.2, 0.25) is 0 Å². The van der Waals surface area contributed by atoms with Crippen LogP contribution in [-0.4, -0.2) is 39.7 Å². The molecule has 0 aliphatic carbocycles. The average Bonchev–Trinajstić information content (AvgIpc) is 3.28. The van der Waals surface area contributed by atoms with Crippen molar-refractivity contribution in [2.75, 3.05) is 27.3 Å². The average molecular weight is 378 g/mol. The summed E-state index contributed by atoms with van der Waals surface area (Å²) in [4.78, 5) is 9.53. The fourth-order valence-electron chi connectivity index (χ4n) is 4.73. The summed E-state index contributed by atoms with van der Waals surface area (Å²) >= 11 is 0. The van der Waals surface area contributed by atoms with E-state index < -0.39 is 10.8 Å². The minimum Gasteiger partial charge on any atom is -0.497 e. The molecule has 4 N–H and O–H groups in total. The normalized spacial score (nSPS) is 24.3. The van der Waals surface area contributed by atoms with Crippen LogP contribution in [0.5, 0.6) is 11.5 Å². The van der Waals surface area contributed by atoms with Crippen molar-refractivity contribution in [1.82, 2.24) is 0 Å². The number of hydrogen-bond donors (Lipinski definition) is 2. The summed E-state index contributed by atoms with van der Waals surface area (Å²) in [6.07, 6.45) is 5.53. The predicted molar refractivity (Wildman–Crippen MR) is 113 cm³/mol. The molecule has 2 aromatic rings. The molecule has 146 valence electrons. The molecule has 2 aromatic carbocycles. The number of hydrogen-bond acceptors (Lipinski definition) is 6. The predicted octanol–water partition coefficient (Wildman–Crippen LogP) is 3.01. The Balaban J connectivity index is 1.99. The highest BCUT2D eigenvalue weighted by molar-refractivity contribution is 5.98. The van der Waals surface area contributed by atoms with Gasteiger partial charge in [0, 0.05) is 23.3 Å². The van der Waals surface area contributed by atoms with Crippen LogP contribution in [0, 0.1) is 0 Å². The zero-order valence-corrected chi connectivity index (χ0v) is 16.3. The quantitative estimate of drug-likeness (QED) is 0.774. The van der Waals surface area contributed by atoms with Crippen molar-refractivity contribution in [2.24, 2.45) is 21.5 Å². The second-order valence-electron chi connectivity index (χ2n) is 7.30. The molecular formula is C22H26N4O2. The van der Waals surface area contributed by atoms with E-state index in [1.165, 1.54) is 0 Å². The molecule has 0 fully saturated rings. The van der Waals surface area contributed by atoms with Crippen LogP contribution in [0.15, 0.2) is 46.4 Å². The van der Waals surface area contributed by atoms with Gasteiger partial charge < -0.3 is 20.9 Å². The van der Waals surface area contributed by atoms with E-state index in [1.807, 2.05) is 36.7 Å². The van der Waals surface area contributed by atoms with Gasteiger partial charge in [-0.05, 0) is 73.5 Å². The Hall–Kier alpha value is -2.70. The van der Waals surface area contributed by atoms with E-state index >= 15 is 0 Å². The van der Waals surface area contributed by atoms with Crippen molar-refractivity contribution < 1.29 is 9.47 Å². The highest BCUT2D eigenvalue weighted by Gasteiger charge is 2.56. The van der Waals surface area contributed by atoms with Crippen LogP contribution in [-0.2, 0) is 10.8 Å². The summed E-state index contributed by atoms with van der Waals surface area (Å²) in [5, 5.41) is 0. The standard InChI is InChI=1S/C22H26N4O2/c1-27-15-3-5-19-17(11-15)21(7-9-23,13-25-19)22(8-10-24)14-26-20-6-4-16(28-2)12-18(20)22/h3-6,11-14H,7-10,23-24H2,1-2H3. The maximum atomic E-state index is 6.13. The summed E-state index contributed by atoms with van der Waals surface area (Å²) in [6, 6.07) is 12.0. The molecule has 2 aliphatic rings. The van der Waals surface area contributed by atoms with Gasteiger partial charge in [-0.2, -0.15) is 0 Å². The first-order valence-electron chi connectivity index (χ1n) is 9.52. The molecular weight excluding hydrogens is 352 g/mol. The van der Waals surface area contributed by atoms with Gasteiger partial charge in [-0.25, -0.2) is 0 Å². The first-order chi connectivity index (χ1) is 13.6. The van der Waals surface area contributed by atoms with Crippen molar-refractivity contribution in [1.29, 1.82) is 0 Å². The lowest BCUT2D eigenvalue weighted by Crippen LogP contribution is -2.52. The van der Waals surface area contributed by atoms with Gasteiger partial charge in [0.15, 0.2) is 0 Å². The number of fused-ring (bicyclic) bond motifs is 2. The van der Waals surface area contributed by atoms with Gasteiger partial charge in [-0.15, -0.1) is 0 Å². The molecule has 0 aromatic heterocycles. The number of aliphatic imine (C=N–C) groups is 2. The Labute approximate surface area is 165 Å². The Morgan fingerprint density at radius 3 is 1.54 bits per heavy atom. The monoisotopic (exact) mass is 378 g/mol. The SMILES string of the molecule is COc1ccc2c(c1)C(CCN)(C1(CCN)C=Nc3ccc(OC)cc31)C=N2. The second-order valence-corrected chi connectivity index (χ2v) is 7.30. The molecule has 2 unspecified atom stereocenters. The largest absolute Gasteiger partial charge is 0.497 e. The van der Waals surface area contributed by atoms with Gasteiger partial charge in [-0.3, -0.25) is 9.98 Å². The number of nitrogens with two attached hydrogens (primary N) is 2. The van der Waals surface area contributed by atoms with E-state index in [9.17, 15) is 0 Å². The van der Waals surface area contributed by atoms with E-state index in [2.05, 4.69) is 12.1 Å². The zero-order valence-electron chi connectivity index (χ0n) is 16.3. The van der Waals surface area contributed by atoms with E-state index in [1.54, 1.807) is 14.2 Å². The molecule has 4 rings (SSSR count). The van der Waals surface area contributed by atoms with E-state index in [-0.39, 0.29) is 0 Å². The third kappa shape index (κ3) is 2.48. The Morgan fingerprint density at radius 1 is 0.750 bits per heavy atom. The first kappa shape index (κ1) is 18.7. The molecule has 0 saturated heterocycles. The molecule has 0 saturated carbocycles. The molecule has 0 radical (unpaired) electrons. The maximum Gasteiger partial charge on any atom is 0.119 e. The van der Waals surface area contributed by atoms with E-state index in [4.69, 9.17) is 30.9 Å². The number of methoxy groups -OCH3 is 2. The van der Waals surface area contributed by atoms with Crippen molar-refractivity contribution >= 4 is 23.8 Å². The Kier molecular flexibility index (Phi) is 4.69. The second kappa shape index (κ2) is 7.04. The zero-order chi connectivity index (χ0) is 19.8. The summed E-state index contributed by atoms with van der Waals surface area (Å²) in [5.74, 6) is 1.60. The third-order valence-corrected chi connectivity index (χ3v) is 6.09. The van der Waals surface area contributed by atoms with Gasteiger partial charge >= 0.3 is 0 Å². The minimum atomic E-state index is -0.452. The summed E-state index contributed by atoms with van der Waals surface area (Å²) < 4.78 is 11.0. The highest BCUT2D eigenvalue weighted by atomic mass is 16.5. The number of benzene rings is 2. The van der Waals surface area contributed by atoms with Gasteiger partial charge in [0.25, 0.3) is 0 Å². The van der Waals surface area contributed by atoms with E-state index in [0.717, 1.165) is 46.8 Å². The Bertz CT molecular complexity index is 878. The fourth-order valence-corrected chi connectivity index (χ4v) is 4.73. The lowest BCUT2D eigenvalue weighted by molar-refractivity contribution is 0.359. The molecule has 6 nitrogen and oxygen atoms in total. The topological polar surface area (TPSA) is 95.2 Å². The van der Waals surface area contributed by atoms with Crippen molar-refractivity contribution in [3.63, 3.8) is 0 Å². The van der Waals surface area contributed by atoms with Crippen LogP contribution in [0.25, 0.3) is 0 Å². The van der Waals surface area contributed by atoms with Crippen LogP contribution in [0.3, 0.4) is 0 Å². The minimum absolute atomic E-state index is 0.452. The van der Waals surface area contributed by atoms with Crippen molar-refractivity contribution in [2.45, 2.75) is 23.7 Å². The van der Waals surface area contributed by atoms with E-state index in [0.29, 0.717) is 13.1 Å². The van der Waals surface area contributed by atoms with Crippen molar-refractivity contribution in [3.05, 3.63) is 47.5 Å².